The number of nitrogens with zero attached hydrogens (tertiary/aromatic N) is 2. The topological polar surface area (TPSA) is 84.0 Å². The van der Waals surface area contributed by atoms with Crippen LogP contribution in [0.25, 0.3) is 0 Å². The van der Waals surface area contributed by atoms with Crippen LogP contribution in [0.2, 0.25) is 0 Å². The quantitative estimate of drug-likeness (QED) is 0.490. The van der Waals surface area contributed by atoms with Crippen LogP contribution in [0.4, 0.5) is 5.69 Å². The molecule has 0 N–H and O–H groups in total. The average molecular weight is 471 g/mol. The Morgan fingerprint density at radius 2 is 1.72 bits per heavy atom. The summed E-state index contributed by atoms with van der Waals surface area (Å²) in [5, 5.41) is 1.67. The lowest BCUT2D eigenvalue weighted by molar-refractivity contribution is -0.122. The molecular formula is C23H22N2O5S2. The zero-order valence-corrected chi connectivity index (χ0v) is 19.2. The number of sulfonamides is 1. The molecule has 7 nitrogen and oxygen atoms in total. The summed E-state index contributed by atoms with van der Waals surface area (Å²) < 4.78 is 33.7. The number of carbonyl (C=O) groups excluding carboxylic acids is 2. The zero-order valence-electron chi connectivity index (χ0n) is 17.5. The number of rotatable bonds is 7. The predicted molar refractivity (Wildman–Crippen MR) is 122 cm³/mol. The highest BCUT2D eigenvalue weighted by Crippen LogP contribution is 2.36. The first kappa shape index (κ1) is 22.2. The van der Waals surface area contributed by atoms with Gasteiger partial charge in [-0.3, -0.25) is 9.59 Å². The van der Waals surface area contributed by atoms with E-state index in [4.69, 9.17) is 4.74 Å². The number of hydrogen-bond donors (Lipinski definition) is 0. The Hall–Kier alpha value is -3.01. The molecule has 2 atom stereocenters. The maximum absolute atomic E-state index is 13.6. The van der Waals surface area contributed by atoms with E-state index in [-0.39, 0.29) is 10.6 Å². The Bertz CT molecular complexity index is 1210. The van der Waals surface area contributed by atoms with Gasteiger partial charge < -0.3 is 4.74 Å². The van der Waals surface area contributed by atoms with Crippen molar-refractivity contribution >= 4 is 38.9 Å². The fraction of sp³-hybridized carbons (Fsp3) is 0.217. The third-order valence-corrected chi connectivity index (χ3v) is 8.80. The fourth-order valence-electron chi connectivity index (χ4n) is 3.86. The van der Waals surface area contributed by atoms with E-state index < -0.39 is 33.9 Å². The van der Waals surface area contributed by atoms with Gasteiger partial charge in [0.15, 0.2) is 0 Å². The molecule has 166 valence electrons. The van der Waals surface area contributed by atoms with E-state index in [1.807, 2.05) is 30.3 Å². The van der Waals surface area contributed by atoms with Gasteiger partial charge in [-0.05, 0) is 48.2 Å². The Morgan fingerprint density at radius 1 is 1.03 bits per heavy atom. The van der Waals surface area contributed by atoms with Gasteiger partial charge in [-0.2, -0.15) is 4.31 Å². The Balaban J connectivity index is 1.76. The van der Waals surface area contributed by atoms with Crippen LogP contribution < -0.4 is 9.64 Å². The van der Waals surface area contributed by atoms with Crippen molar-refractivity contribution < 1.29 is 22.7 Å². The number of ether oxygens (including phenoxy) is 1. The maximum Gasteiger partial charge on any atom is 0.253 e. The molecule has 0 aliphatic carbocycles. The molecule has 1 fully saturated rings. The van der Waals surface area contributed by atoms with Gasteiger partial charge in [-0.15, -0.1) is 11.3 Å². The predicted octanol–water partition coefficient (Wildman–Crippen LogP) is 3.84. The molecule has 0 radical (unpaired) electrons. The standard InChI is InChI=1S/C23H22N2O5S2/c1-16(17-7-4-3-5-8-17)25(32(28,29)22-9-6-14-31-22)20-15-21(26)24(23(20)27)18-10-12-19(30-2)13-11-18/h3-14,16,20H,15H2,1-2H3. The van der Waals surface area contributed by atoms with Crippen molar-refractivity contribution in [3.63, 3.8) is 0 Å². The summed E-state index contributed by atoms with van der Waals surface area (Å²) in [5.41, 5.74) is 1.11. The molecule has 4 rings (SSSR count). The molecule has 32 heavy (non-hydrogen) atoms. The van der Waals surface area contributed by atoms with Crippen molar-refractivity contribution in [3.8, 4) is 5.75 Å². The van der Waals surface area contributed by atoms with Crippen LogP contribution in [-0.2, 0) is 19.6 Å². The van der Waals surface area contributed by atoms with Crippen molar-refractivity contribution in [2.75, 3.05) is 12.0 Å². The van der Waals surface area contributed by atoms with Gasteiger partial charge in [0.05, 0.1) is 19.2 Å². The molecule has 1 saturated heterocycles. The first-order chi connectivity index (χ1) is 15.3. The lowest BCUT2D eigenvalue weighted by Gasteiger charge is -2.32. The molecule has 0 bridgehead atoms. The molecule has 1 aliphatic rings. The largest absolute Gasteiger partial charge is 0.497 e. The number of benzene rings is 2. The second-order valence-corrected chi connectivity index (χ2v) is 10.4. The Kier molecular flexibility index (Phi) is 6.14. The second-order valence-electron chi connectivity index (χ2n) is 7.34. The van der Waals surface area contributed by atoms with Gasteiger partial charge in [-0.25, -0.2) is 13.3 Å². The van der Waals surface area contributed by atoms with E-state index in [9.17, 15) is 18.0 Å². The van der Waals surface area contributed by atoms with E-state index in [0.29, 0.717) is 11.4 Å². The number of thiophene rings is 1. The van der Waals surface area contributed by atoms with Crippen molar-refractivity contribution in [3.05, 3.63) is 77.7 Å². The summed E-state index contributed by atoms with van der Waals surface area (Å²) in [6.45, 7) is 1.73. The van der Waals surface area contributed by atoms with Crippen molar-refractivity contribution in [2.24, 2.45) is 0 Å². The molecule has 0 saturated carbocycles. The van der Waals surface area contributed by atoms with E-state index in [1.54, 1.807) is 42.6 Å². The number of amides is 2. The normalized spacial score (nSPS) is 17.7. The summed E-state index contributed by atoms with van der Waals surface area (Å²) in [5.74, 6) is -0.427. The third kappa shape index (κ3) is 3.94. The van der Waals surface area contributed by atoms with Crippen LogP contribution >= 0.6 is 11.3 Å². The summed E-state index contributed by atoms with van der Waals surface area (Å²) in [7, 11) is -2.51. The molecule has 1 aromatic heterocycles. The highest BCUT2D eigenvalue weighted by atomic mass is 32.2. The first-order valence-corrected chi connectivity index (χ1v) is 12.3. The minimum Gasteiger partial charge on any atom is -0.497 e. The van der Waals surface area contributed by atoms with E-state index >= 15 is 0 Å². The smallest absolute Gasteiger partial charge is 0.253 e. The molecular weight excluding hydrogens is 448 g/mol. The summed E-state index contributed by atoms with van der Waals surface area (Å²) in [6.07, 6.45) is -0.230. The second kappa shape index (κ2) is 8.85. The number of methoxy groups -OCH3 is 1. The number of carbonyl (C=O) groups is 2. The highest BCUT2D eigenvalue weighted by molar-refractivity contribution is 7.91. The van der Waals surface area contributed by atoms with Crippen LogP contribution in [0.5, 0.6) is 5.75 Å². The van der Waals surface area contributed by atoms with Crippen LogP contribution in [0.3, 0.4) is 0 Å². The summed E-state index contributed by atoms with van der Waals surface area (Å²) in [4.78, 5) is 27.4. The lowest BCUT2D eigenvalue weighted by Crippen LogP contribution is -2.46. The van der Waals surface area contributed by atoms with Crippen LogP contribution in [0, 0.1) is 0 Å². The molecule has 2 aromatic carbocycles. The van der Waals surface area contributed by atoms with Gasteiger partial charge in [0.2, 0.25) is 5.91 Å². The minimum atomic E-state index is -4.03. The lowest BCUT2D eigenvalue weighted by atomic mass is 10.1. The van der Waals surface area contributed by atoms with Crippen LogP contribution in [0.15, 0.2) is 76.3 Å². The molecule has 2 heterocycles. The van der Waals surface area contributed by atoms with Gasteiger partial charge in [0.25, 0.3) is 15.9 Å². The monoisotopic (exact) mass is 470 g/mol. The van der Waals surface area contributed by atoms with Crippen molar-refractivity contribution in [2.45, 2.75) is 29.6 Å². The number of anilines is 1. The number of hydrogen-bond acceptors (Lipinski definition) is 6. The average Bonchev–Trinajstić information content (AvgIpc) is 3.44. The molecule has 2 unspecified atom stereocenters. The van der Waals surface area contributed by atoms with Crippen LogP contribution in [0.1, 0.15) is 24.9 Å². The van der Waals surface area contributed by atoms with Gasteiger partial charge in [-0.1, -0.05) is 36.4 Å². The Morgan fingerprint density at radius 3 is 2.31 bits per heavy atom. The fourth-order valence-corrected chi connectivity index (χ4v) is 6.71. The molecule has 1 aliphatic heterocycles. The molecule has 0 spiro atoms. The van der Waals surface area contributed by atoms with Gasteiger partial charge >= 0.3 is 0 Å². The first-order valence-electron chi connectivity index (χ1n) is 9.97. The van der Waals surface area contributed by atoms with Gasteiger partial charge in [0.1, 0.15) is 16.0 Å². The van der Waals surface area contributed by atoms with Gasteiger partial charge in [0, 0.05) is 6.04 Å². The number of imide groups is 1. The SMILES string of the molecule is COc1ccc(N2C(=O)CC(N(C(C)c3ccccc3)S(=O)(=O)c3cccs3)C2=O)cc1. The summed E-state index contributed by atoms with van der Waals surface area (Å²) >= 11 is 1.08. The van der Waals surface area contributed by atoms with Crippen LogP contribution in [-0.4, -0.2) is 37.7 Å². The molecule has 3 aromatic rings. The van der Waals surface area contributed by atoms with E-state index in [2.05, 4.69) is 0 Å². The molecule has 9 heteroatoms. The minimum absolute atomic E-state index is 0.128. The maximum atomic E-state index is 13.6. The van der Waals surface area contributed by atoms with Crippen molar-refractivity contribution in [1.29, 1.82) is 0 Å². The van der Waals surface area contributed by atoms with E-state index in [1.165, 1.54) is 17.5 Å². The zero-order chi connectivity index (χ0) is 22.9. The summed E-state index contributed by atoms with van der Waals surface area (Å²) in [6, 6.07) is 16.9. The highest BCUT2D eigenvalue weighted by Gasteiger charge is 2.49. The molecule has 2 amide bonds. The van der Waals surface area contributed by atoms with Crippen molar-refractivity contribution in [1.82, 2.24) is 4.31 Å². The van der Waals surface area contributed by atoms with E-state index in [0.717, 1.165) is 21.8 Å². The Labute approximate surface area is 190 Å². The third-order valence-electron chi connectivity index (χ3n) is 5.45.